The van der Waals surface area contributed by atoms with Gasteiger partial charge in [-0.25, -0.2) is 22.1 Å². The van der Waals surface area contributed by atoms with Crippen LogP contribution in [0.15, 0.2) is 46.2 Å². The van der Waals surface area contributed by atoms with Crippen molar-refractivity contribution in [2.75, 3.05) is 12.8 Å². The highest BCUT2D eigenvalue weighted by Gasteiger charge is 2.42. The van der Waals surface area contributed by atoms with Crippen molar-refractivity contribution < 1.29 is 17.3 Å². The Bertz CT molecular complexity index is 1170. The second-order valence-corrected chi connectivity index (χ2v) is 9.64. The number of nitrogens with zero attached hydrogens (tertiary/aromatic N) is 4. The van der Waals surface area contributed by atoms with Gasteiger partial charge in [0.25, 0.3) is 0 Å². The first-order chi connectivity index (χ1) is 13.2. The lowest BCUT2D eigenvalue weighted by Gasteiger charge is -2.33. The average Bonchev–Trinajstić information content (AvgIpc) is 3.29. The van der Waals surface area contributed by atoms with Gasteiger partial charge < -0.3 is 10.3 Å². The summed E-state index contributed by atoms with van der Waals surface area (Å²) < 4.78 is 45.2. The Morgan fingerprint density at radius 1 is 1.32 bits per heavy atom. The maximum absolute atomic E-state index is 14.8. The number of aromatic nitrogens is 2. The van der Waals surface area contributed by atoms with Crippen molar-refractivity contribution in [2.45, 2.75) is 12.5 Å². The van der Waals surface area contributed by atoms with Crippen LogP contribution in [0.1, 0.15) is 11.8 Å². The number of guanidine groups is 1. The van der Waals surface area contributed by atoms with Gasteiger partial charge in [0.1, 0.15) is 11.4 Å². The van der Waals surface area contributed by atoms with Crippen molar-refractivity contribution >= 4 is 27.3 Å². The number of thiophene rings is 1. The number of hydrogen-bond acceptors (Lipinski definition) is 8. The lowest BCUT2D eigenvalue weighted by molar-refractivity contribution is 0.419. The van der Waals surface area contributed by atoms with Gasteiger partial charge in [0, 0.05) is 17.5 Å². The van der Waals surface area contributed by atoms with E-state index in [1.807, 2.05) is 18.2 Å². The summed E-state index contributed by atoms with van der Waals surface area (Å²) in [4.78, 5) is 9.12. The minimum absolute atomic E-state index is 0.165. The molecular formula is C17H16FN5O3S2. The van der Waals surface area contributed by atoms with Crippen molar-refractivity contribution in [3.63, 3.8) is 0 Å². The molecule has 0 bridgehead atoms. The third-order valence-electron chi connectivity index (χ3n) is 4.51. The van der Waals surface area contributed by atoms with E-state index in [4.69, 9.17) is 10.3 Å². The van der Waals surface area contributed by atoms with Gasteiger partial charge >= 0.3 is 0 Å². The number of nitrogens with two attached hydrogens (primary N) is 1. The molecule has 2 aromatic heterocycles. The fourth-order valence-electron chi connectivity index (χ4n) is 3.05. The van der Waals surface area contributed by atoms with E-state index in [-0.39, 0.29) is 16.6 Å². The van der Waals surface area contributed by atoms with Gasteiger partial charge in [-0.1, -0.05) is 23.4 Å². The Balaban J connectivity index is 1.77. The SMILES string of the molecule is CN1C(N)=NC(C)(c2sc(-c3cccc(-c4ncon4)c3)cc2F)CS1(=O)=O. The molecule has 0 saturated carbocycles. The van der Waals surface area contributed by atoms with E-state index in [9.17, 15) is 12.8 Å². The summed E-state index contributed by atoms with van der Waals surface area (Å²) in [5.74, 6) is -0.632. The molecule has 4 rings (SSSR count). The zero-order valence-corrected chi connectivity index (χ0v) is 16.6. The van der Waals surface area contributed by atoms with E-state index in [2.05, 4.69) is 15.1 Å². The number of rotatable bonds is 3. The second kappa shape index (κ2) is 6.38. The lowest BCUT2D eigenvalue weighted by atomic mass is 10.0. The van der Waals surface area contributed by atoms with Crippen LogP contribution >= 0.6 is 11.3 Å². The van der Waals surface area contributed by atoms with Crippen molar-refractivity contribution in [3.05, 3.63) is 47.4 Å². The van der Waals surface area contributed by atoms with Crippen LogP contribution in [0.5, 0.6) is 0 Å². The van der Waals surface area contributed by atoms with Gasteiger partial charge in [-0.15, -0.1) is 11.3 Å². The molecule has 0 aliphatic carbocycles. The highest BCUT2D eigenvalue weighted by molar-refractivity contribution is 7.89. The molecule has 1 aromatic carbocycles. The van der Waals surface area contributed by atoms with Gasteiger partial charge in [0.05, 0.1) is 10.6 Å². The van der Waals surface area contributed by atoms with Crippen molar-refractivity contribution in [2.24, 2.45) is 10.7 Å². The molecular weight excluding hydrogens is 405 g/mol. The first-order valence-corrected chi connectivity index (χ1v) is 10.6. The van der Waals surface area contributed by atoms with Gasteiger partial charge in [0.15, 0.2) is 0 Å². The first-order valence-electron chi connectivity index (χ1n) is 8.18. The summed E-state index contributed by atoms with van der Waals surface area (Å²) in [6.07, 6.45) is 1.23. The summed E-state index contributed by atoms with van der Waals surface area (Å²) in [6.45, 7) is 1.57. The maximum atomic E-state index is 14.8. The summed E-state index contributed by atoms with van der Waals surface area (Å²) in [7, 11) is -2.36. The standard InChI is InChI=1S/C17H16FN5O3S2/c1-17(8-28(24,25)23(2)16(19)21-17)14-12(18)7-13(27-14)10-4-3-5-11(6-10)15-20-9-26-22-15/h3-7,9H,8H2,1-2H3,(H2,19,21). The van der Waals surface area contributed by atoms with Crippen LogP contribution in [-0.2, 0) is 15.6 Å². The molecule has 1 aliphatic heterocycles. The van der Waals surface area contributed by atoms with E-state index < -0.39 is 21.4 Å². The average molecular weight is 421 g/mol. The van der Waals surface area contributed by atoms with Gasteiger partial charge in [-0.3, -0.25) is 0 Å². The molecule has 0 spiro atoms. The van der Waals surface area contributed by atoms with E-state index in [0.29, 0.717) is 10.7 Å². The minimum Gasteiger partial charge on any atom is -0.369 e. The zero-order chi connectivity index (χ0) is 20.1. The van der Waals surface area contributed by atoms with Crippen LogP contribution in [0.25, 0.3) is 21.8 Å². The molecule has 3 aromatic rings. The minimum atomic E-state index is -3.68. The largest absolute Gasteiger partial charge is 0.369 e. The molecule has 0 saturated heterocycles. The Morgan fingerprint density at radius 3 is 2.75 bits per heavy atom. The highest BCUT2D eigenvalue weighted by atomic mass is 32.2. The van der Waals surface area contributed by atoms with Crippen LogP contribution < -0.4 is 5.73 Å². The van der Waals surface area contributed by atoms with E-state index in [1.54, 1.807) is 13.0 Å². The quantitative estimate of drug-likeness (QED) is 0.694. The normalized spacial score (nSPS) is 21.5. The number of sulfonamides is 1. The van der Waals surface area contributed by atoms with Crippen molar-refractivity contribution in [3.8, 4) is 21.8 Å². The van der Waals surface area contributed by atoms with Crippen molar-refractivity contribution in [1.29, 1.82) is 0 Å². The number of halogens is 1. The third kappa shape index (κ3) is 3.06. The predicted octanol–water partition coefficient (Wildman–Crippen LogP) is 2.41. The maximum Gasteiger partial charge on any atom is 0.239 e. The number of aliphatic imine (C=N–C) groups is 1. The molecule has 1 unspecified atom stereocenters. The monoisotopic (exact) mass is 421 g/mol. The summed E-state index contributed by atoms with van der Waals surface area (Å²) in [5, 5.41) is 3.80. The third-order valence-corrected chi connectivity index (χ3v) is 7.87. The van der Waals surface area contributed by atoms with Crippen LogP contribution in [0.2, 0.25) is 0 Å². The van der Waals surface area contributed by atoms with Crippen LogP contribution in [0, 0.1) is 5.82 Å². The summed E-state index contributed by atoms with van der Waals surface area (Å²) in [5.41, 5.74) is 5.93. The molecule has 1 aliphatic rings. The fourth-order valence-corrected chi connectivity index (χ4v) is 5.71. The summed E-state index contributed by atoms with van der Waals surface area (Å²) in [6, 6.07) is 8.62. The van der Waals surface area contributed by atoms with E-state index >= 15 is 0 Å². The van der Waals surface area contributed by atoms with E-state index in [0.717, 1.165) is 26.8 Å². The number of benzene rings is 1. The molecule has 146 valence electrons. The fraction of sp³-hybridized carbons (Fsp3) is 0.235. The first kappa shape index (κ1) is 18.6. The Kier molecular flexibility index (Phi) is 4.23. The van der Waals surface area contributed by atoms with Gasteiger partial charge in [-0.2, -0.15) is 4.98 Å². The predicted molar refractivity (Wildman–Crippen MR) is 104 cm³/mol. The molecule has 1 atom stereocenters. The Hall–Kier alpha value is -2.79. The van der Waals surface area contributed by atoms with Crippen LogP contribution in [0.3, 0.4) is 0 Å². The molecule has 3 heterocycles. The second-order valence-electron chi connectivity index (χ2n) is 6.59. The van der Waals surface area contributed by atoms with Crippen LogP contribution in [-0.4, -0.2) is 41.6 Å². The van der Waals surface area contributed by atoms with Crippen molar-refractivity contribution in [1.82, 2.24) is 14.4 Å². The summed E-state index contributed by atoms with van der Waals surface area (Å²) >= 11 is 1.14. The van der Waals surface area contributed by atoms with Crippen LogP contribution in [0.4, 0.5) is 4.39 Å². The molecule has 0 amide bonds. The molecule has 0 fully saturated rings. The molecule has 2 N–H and O–H groups in total. The molecule has 11 heteroatoms. The number of hydrogen-bond donors (Lipinski definition) is 1. The molecule has 8 nitrogen and oxygen atoms in total. The Morgan fingerprint density at radius 2 is 2.07 bits per heavy atom. The van der Waals surface area contributed by atoms with Gasteiger partial charge in [-0.05, 0) is 24.6 Å². The molecule has 28 heavy (non-hydrogen) atoms. The highest BCUT2D eigenvalue weighted by Crippen LogP contribution is 2.41. The molecule has 0 radical (unpaired) electrons. The topological polar surface area (TPSA) is 115 Å². The zero-order valence-electron chi connectivity index (χ0n) is 15.0. The van der Waals surface area contributed by atoms with E-state index in [1.165, 1.54) is 19.5 Å². The van der Waals surface area contributed by atoms with Gasteiger partial charge in [0.2, 0.25) is 28.2 Å². The smallest absolute Gasteiger partial charge is 0.239 e. The Labute approximate surface area is 164 Å². The lowest BCUT2D eigenvalue weighted by Crippen LogP contribution is -2.50.